The minimum atomic E-state index is -0.0560. The molecule has 1 N–H and O–H groups in total. The molecule has 0 aliphatic carbocycles. The molecule has 1 saturated heterocycles. The number of piperazine rings is 1. The van der Waals surface area contributed by atoms with E-state index in [2.05, 4.69) is 48.3 Å². The van der Waals surface area contributed by atoms with Crippen LogP contribution >= 0.6 is 0 Å². The van der Waals surface area contributed by atoms with Crippen molar-refractivity contribution < 1.29 is 9.32 Å². The molecule has 3 rings (SSSR count). The lowest BCUT2D eigenvalue weighted by Crippen LogP contribution is -2.50. The van der Waals surface area contributed by atoms with E-state index in [0.717, 1.165) is 30.4 Å². The summed E-state index contributed by atoms with van der Waals surface area (Å²) in [6, 6.07) is 9.94. The summed E-state index contributed by atoms with van der Waals surface area (Å²) in [4.78, 5) is 16.4. The molecular formula is C19H26N4O2. The van der Waals surface area contributed by atoms with Gasteiger partial charge in [0.2, 0.25) is 0 Å². The first kappa shape index (κ1) is 17.3. The smallest absolute Gasteiger partial charge is 0.321 e. The van der Waals surface area contributed by atoms with E-state index in [1.807, 2.05) is 30.0 Å². The molecule has 2 heterocycles. The highest BCUT2D eigenvalue weighted by atomic mass is 16.5. The summed E-state index contributed by atoms with van der Waals surface area (Å²) in [7, 11) is 0. The normalized spacial score (nSPS) is 15.4. The molecule has 0 spiro atoms. The number of anilines is 2. The van der Waals surface area contributed by atoms with Crippen LogP contribution in [0.15, 0.2) is 34.9 Å². The topological polar surface area (TPSA) is 61.6 Å². The highest BCUT2D eigenvalue weighted by Gasteiger charge is 2.23. The number of carbonyl (C=O) groups excluding carboxylic acids is 1. The summed E-state index contributed by atoms with van der Waals surface area (Å²) in [5, 5.41) is 7.02. The van der Waals surface area contributed by atoms with Crippen LogP contribution in [0.2, 0.25) is 0 Å². The van der Waals surface area contributed by atoms with Crippen molar-refractivity contribution in [1.29, 1.82) is 0 Å². The molecule has 0 saturated carbocycles. The molecule has 1 aromatic heterocycles. The molecule has 25 heavy (non-hydrogen) atoms. The number of rotatable bonds is 2. The average Bonchev–Trinajstić information content (AvgIpc) is 3.01. The number of hydrogen-bond donors (Lipinski definition) is 1. The van der Waals surface area contributed by atoms with Crippen molar-refractivity contribution in [3.63, 3.8) is 0 Å². The van der Waals surface area contributed by atoms with E-state index in [-0.39, 0.29) is 11.4 Å². The summed E-state index contributed by atoms with van der Waals surface area (Å²) >= 11 is 0. The van der Waals surface area contributed by atoms with Crippen molar-refractivity contribution in [2.75, 3.05) is 36.4 Å². The molecule has 1 fully saturated rings. The van der Waals surface area contributed by atoms with Crippen LogP contribution in [0.5, 0.6) is 0 Å². The first-order chi connectivity index (χ1) is 11.8. The minimum absolute atomic E-state index is 0.0560. The number of aryl methyl sites for hydroxylation is 1. The van der Waals surface area contributed by atoms with E-state index in [1.165, 1.54) is 5.56 Å². The summed E-state index contributed by atoms with van der Waals surface area (Å²) in [5.74, 6) is 1.64. The molecule has 0 radical (unpaired) electrons. The molecule has 2 aromatic rings. The number of carbonyl (C=O) groups is 1. The van der Waals surface area contributed by atoms with Gasteiger partial charge in [-0.15, -0.1) is 0 Å². The lowest BCUT2D eigenvalue weighted by Gasteiger charge is -2.34. The fraction of sp³-hybridized carbons (Fsp3) is 0.474. The maximum absolute atomic E-state index is 12.5. The van der Waals surface area contributed by atoms with Gasteiger partial charge in [-0.25, -0.2) is 4.79 Å². The Balaban J connectivity index is 1.54. The van der Waals surface area contributed by atoms with Crippen LogP contribution in [0, 0.1) is 6.92 Å². The molecule has 134 valence electrons. The number of urea groups is 1. The van der Waals surface area contributed by atoms with Gasteiger partial charge >= 0.3 is 6.03 Å². The van der Waals surface area contributed by atoms with Crippen LogP contribution in [0.1, 0.15) is 32.1 Å². The van der Waals surface area contributed by atoms with Crippen molar-refractivity contribution in [1.82, 2.24) is 10.1 Å². The van der Waals surface area contributed by atoms with Crippen molar-refractivity contribution in [3.8, 4) is 0 Å². The predicted octanol–water partition coefficient (Wildman–Crippen LogP) is 3.63. The molecule has 0 unspecified atom stereocenters. The highest BCUT2D eigenvalue weighted by Crippen LogP contribution is 2.23. The van der Waals surface area contributed by atoms with Gasteiger partial charge in [-0.3, -0.25) is 0 Å². The Morgan fingerprint density at radius 1 is 1.12 bits per heavy atom. The van der Waals surface area contributed by atoms with Crippen LogP contribution < -0.4 is 10.2 Å². The largest absolute Gasteiger partial charge is 0.360 e. The summed E-state index contributed by atoms with van der Waals surface area (Å²) < 4.78 is 5.12. The predicted molar refractivity (Wildman–Crippen MR) is 99.2 cm³/mol. The number of aromatic nitrogens is 1. The molecule has 1 aliphatic heterocycles. The number of nitrogens with zero attached hydrogens (tertiary/aromatic N) is 3. The van der Waals surface area contributed by atoms with Gasteiger partial charge in [0, 0.05) is 37.9 Å². The zero-order valence-corrected chi connectivity index (χ0v) is 15.4. The highest BCUT2D eigenvalue weighted by molar-refractivity contribution is 5.89. The zero-order chi connectivity index (χ0) is 18.0. The van der Waals surface area contributed by atoms with Crippen molar-refractivity contribution in [3.05, 3.63) is 41.7 Å². The Morgan fingerprint density at radius 2 is 1.76 bits per heavy atom. The Morgan fingerprint density at radius 3 is 2.28 bits per heavy atom. The first-order valence-electron chi connectivity index (χ1n) is 8.68. The van der Waals surface area contributed by atoms with E-state index < -0.39 is 0 Å². The second kappa shape index (κ2) is 6.78. The van der Waals surface area contributed by atoms with Gasteiger partial charge in [-0.1, -0.05) is 38.1 Å². The maximum atomic E-state index is 12.5. The van der Waals surface area contributed by atoms with E-state index in [9.17, 15) is 4.79 Å². The SMILES string of the molecule is Cc1cc(N2CCN(C(=O)Nc3ccc(C(C)(C)C)cc3)CC2)no1. The van der Waals surface area contributed by atoms with E-state index in [0.29, 0.717) is 13.1 Å². The van der Waals surface area contributed by atoms with Gasteiger partial charge < -0.3 is 19.6 Å². The van der Waals surface area contributed by atoms with Crippen LogP contribution in [0.4, 0.5) is 16.3 Å². The summed E-state index contributed by atoms with van der Waals surface area (Å²) in [6.07, 6.45) is 0. The van der Waals surface area contributed by atoms with Crippen molar-refractivity contribution in [2.45, 2.75) is 33.1 Å². The number of nitrogens with one attached hydrogen (secondary N) is 1. The van der Waals surface area contributed by atoms with Gasteiger partial charge in [0.05, 0.1) is 0 Å². The monoisotopic (exact) mass is 342 g/mol. The molecule has 1 aliphatic rings. The van der Waals surface area contributed by atoms with Crippen LogP contribution in [-0.2, 0) is 5.41 Å². The lowest BCUT2D eigenvalue weighted by molar-refractivity contribution is 0.208. The summed E-state index contributed by atoms with van der Waals surface area (Å²) in [6.45, 7) is 11.2. The summed E-state index contributed by atoms with van der Waals surface area (Å²) in [5.41, 5.74) is 2.19. The third-order valence-corrected chi connectivity index (χ3v) is 4.51. The third-order valence-electron chi connectivity index (χ3n) is 4.51. The van der Waals surface area contributed by atoms with Gasteiger partial charge in [-0.05, 0) is 30.0 Å². The van der Waals surface area contributed by atoms with Gasteiger partial charge in [-0.2, -0.15) is 0 Å². The number of hydrogen-bond acceptors (Lipinski definition) is 4. The quantitative estimate of drug-likeness (QED) is 0.905. The van der Waals surface area contributed by atoms with Gasteiger partial charge in [0.1, 0.15) is 5.76 Å². The number of amides is 2. The van der Waals surface area contributed by atoms with Crippen LogP contribution in [0.3, 0.4) is 0 Å². The van der Waals surface area contributed by atoms with Crippen LogP contribution in [-0.4, -0.2) is 42.3 Å². The Kier molecular flexibility index (Phi) is 4.70. The Labute approximate surface area is 148 Å². The fourth-order valence-electron chi connectivity index (χ4n) is 2.90. The lowest BCUT2D eigenvalue weighted by atomic mass is 9.87. The first-order valence-corrected chi connectivity index (χ1v) is 8.68. The second-order valence-corrected chi connectivity index (χ2v) is 7.53. The molecule has 6 heteroatoms. The van der Waals surface area contributed by atoms with Crippen LogP contribution in [0.25, 0.3) is 0 Å². The average molecular weight is 342 g/mol. The van der Waals surface area contributed by atoms with Gasteiger partial charge in [0.25, 0.3) is 0 Å². The molecule has 2 amide bonds. The molecule has 0 atom stereocenters. The molecule has 6 nitrogen and oxygen atoms in total. The van der Waals surface area contributed by atoms with Crippen molar-refractivity contribution >= 4 is 17.5 Å². The molecule has 1 aromatic carbocycles. The van der Waals surface area contributed by atoms with E-state index >= 15 is 0 Å². The Hall–Kier alpha value is -2.50. The zero-order valence-electron chi connectivity index (χ0n) is 15.4. The van der Waals surface area contributed by atoms with E-state index in [4.69, 9.17) is 4.52 Å². The fourth-order valence-corrected chi connectivity index (χ4v) is 2.90. The molecule has 0 bridgehead atoms. The van der Waals surface area contributed by atoms with Gasteiger partial charge in [0.15, 0.2) is 5.82 Å². The maximum Gasteiger partial charge on any atom is 0.321 e. The molecular weight excluding hydrogens is 316 g/mol. The van der Waals surface area contributed by atoms with Crippen molar-refractivity contribution in [2.24, 2.45) is 0 Å². The Bertz CT molecular complexity index is 723. The standard InChI is InChI=1S/C19H26N4O2/c1-14-13-17(21-25-14)22-9-11-23(12-10-22)18(24)20-16-7-5-15(6-8-16)19(2,3)4/h5-8,13H,9-12H2,1-4H3,(H,20,24). The number of benzene rings is 1. The minimum Gasteiger partial charge on any atom is -0.360 e. The third kappa shape index (κ3) is 4.13. The van der Waals surface area contributed by atoms with E-state index in [1.54, 1.807) is 0 Å². The second-order valence-electron chi connectivity index (χ2n) is 7.53.